The van der Waals surface area contributed by atoms with Gasteiger partial charge in [-0.3, -0.25) is 0 Å². The van der Waals surface area contributed by atoms with Crippen LogP contribution in [0.1, 0.15) is 56.6 Å². The highest BCUT2D eigenvalue weighted by Crippen LogP contribution is 2.38. The minimum atomic E-state index is 0.445. The minimum absolute atomic E-state index is 0.445. The van der Waals surface area contributed by atoms with Crippen molar-refractivity contribution >= 4 is 11.8 Å². The Kier molecular flexibility index (Phi) is 8.45. The Hall–Kier alpha value is -1.21. The van der Waals surface area contributed by atoms with E-state index in [9.17, 15) is 0 Å². The summed E-state index contributed by atoms with van der Waals surface area (Å²) in [6, 6.07) is 21.9. The Morgan fingerprint density at radius 1 is 0.708 bits per heavy atom. The molecule has 2 aromatic carbocycles. The average molecular weight is 341 g/mol. The van der Waals surface area contributed by atoms with Gasteiger partial charge in [0.25, 0.3) is 0 Å². The maximum atomic E-state index is 2.32. The number of hydrogen-bond acceptors (Lipinski definition) is 1. The molecule has 1 atom stereocenters. The summed E-state index contributed by atoms with van der Waals surface area (Å²) in [5, 5.41) is 0. The van der Waals surface area contributed by atoms with E-state index in [1.165, 1.54) is 62.5 Å². The normalized spacial score (nSPS) is 13.6. The van der Waals surface area contributed by atoms with Crippen LogP contribution in [0.5, 0.6) is 0 Å². The van der Waals surface area contributed by atoms with Crippen molar-refractivity contribution in [2.45, 2.75) is 63.0 Å². The summed E-state index contributed by atoms with van der Waals surface area (Å²) < 4.78 is 0.445. The zero-order chi connectivity index (χ0) is 17.1. The summed E-state index contributed by atoms with van der Waals surface area (Å²) >= 11 is 2.11. The lowest BCUT2D eigenvalue weighted by Crippen LogP contribution is -2.25. The van der Waals surface area contributed by atoms with Crippen LogP contribution in [0.15, 0.2) is 60.7 Å². The van der Waals surface area contributed by atoms with Crippen molar-refractivity contribution < 1.29 is 0 Å². The molecule has 0 bridgehead atoms. The molecule has 0 aliphatic carbocycles. The second-order valence-corrected chi connectivity index (χ2v) is 8.09. The van der Waals surface area contributed by atoms with Gasteiger partial charge in [0.1, 0.15) is 0 Å². The van der Waals surface area contributed by atoms with Gasteiger partial charge in [0, 0.05) is 4.75 Å². The molecule has 2 aromatic rings. The van der Waals surface area contributed by atoms with Crippen molar-refractivity contribution in [3.8, 4) is 0 Å². The number of hydrogen-bond donors (Lipinski definition) is 0. The molecule has 24 heavy (non-hydrogen) atoms. The van der Waals surface area contributed by atoms with Gasteiger partial charge in [-0.25, -0.2) is 0 Å². The van der Waals surface area contributed by atoms with Crippen LogP contribution in [-0.4, -0.2) is 11.0 Å². The standard InChI is InChI=1S/C23H32S/c1-3-4-18-23(24-2,20-17-22-14-9-6-10-15-22)19-11-16-21-12-7-5-8-13-21/h5-10,12-15H,3-4,11,16-20H2,1-2H3. The molecular weight excluding hydrogens is 308 g/mol. The van der Waals surface area contributed by atoms with E-state index in [0.717, 1.165) is 0 Å². The largest absolute Gasteiger partial charge is 0.159 e. The summed E-state index contributed by atoms with van der Waals surface area (Å²) in [5.41, 5.74) is 2.96. The fourth-order valence-corrected chi connectivity index (χ4v) is 4.46. The molecule has 0 heterocycles. The Morgan fingerprint density at radius 2 is 1.25 bits per heavy atom. The van der Waals surface area contributed by atoms with Crippen molar-refractivity contribution in [1.29, 1.82) is 0 Å². The van der Waals surface area contributed by atoms with Gasteiger partial charge >= 0.3 is 0 Å². The zero-order valence-corrected chi connectivity index (χ0v) is 16.2. The molecule has 0 aliphatic heterocycles. The summed E-state index contributed by atoms with van der Waals surface area (Å²) in [7, 11) is 0. The SMILES string of the molecule is CCCCC(CCCc1ccccc1)(CCc1ccccc1)SC. The van der Waals surface area contributed by atoms with E-state index in [-0.39, 0.29) is 0 Å². The molecule has 0 aliphatic rings. The third kappa shape index (κ3) is 6.36. The molecule has 0 fully saturated rings. The van der Waals surface area contributed by atoms with Crippen molar-refractivity contribution in [3.05, 3.63) is 71.8 Å². The van der Waals surface area contributed by atoms with Crippen molar-refractivity contribution in [2.75, 3.05) is 6.26 Å². The summed E-state index contributed by atoms with van der Waals surface area (Å²) in [6.45, 7) is 2.31. The second kappa shape index (κ2) is 10.6. The first-order chi connectivity index (χ1) is 11.8. The number of unbranched alkanes of at least 4 members (excludes halogenated alkanes) is 1. The van der Waals surface area contributed by atoms with Gasteiger partial charge < -0.3 is 0 Å². The maximum Gasteiger partial charge on any atom is 0.0160 e. The van der Waals surface area contributed by atoms with Gasteiger partial charge in [0.15, 0.2) is 0 Å². The van der Waals surface area contributed by atoms with E-state index in [2.05, 4.69) is 85.6 Å². The van der Waals surface area contributed by atoms with E-state index >= 15 is 0 Å². The number of benzene rings is 2. The molecule has 0 amide bonds. The van der Waals surface area contributed by atoms with Gasteiger partial charge in [0.05, 0.1) is 0 Å². The van der Waals surface area contributed by atoms with E-state index in [1.54, 1.807) is 0 Å². The first-order valence-corrected chi connectivity index (χ1v) is 10.6. The molecule has 2 rings (SSSR count). The number of aryl methyl sites for hydroxylation is 2. The first-order valence-electron chi connectivity index (χ1n) is 9.41. The van der Waals surface area contributed by atoms with Gasteiger partial charge in [-0.2, -0.15) is 11.8 Å². The number of rotatable bonds is 11. The van der Waals surface area contributed by atoms with Gasteiger partial charge in [-0.15, -0.1) is 0 Å². The molecule has 0 spiro atoms. The van der Waals surface area contributed by atoms with Gasteiger partial charge in [-0.05, 0) is 55.9 Å². The van der Waals surface area contributed by atoms with Crippen molar-refractivity contribution in [2.24, 2.45) is 0 Å². The number of thioether (sulfide) groups is 1. The predicted octanol–water partition coefficient (Wildman–Crippen LogP) is 6.93. The molecule has 0 saturated carbocycles. The summed E-state index contributed by atoms with van der Waals surface area (Å²) in [5.74, 6) is 0. The quantitative estimate of drug-likeness (QED) is 0.427. The minimum Gasteiger partial charge on any atom is -0.159 e. The second-order valence-electron chi connectivity index (χ2n) is 6.82. The average Bonchev–Trinajstić information content (AvgIpc) is 2.65. The van der Waals surface area contributed by atoms with Crippen LogP contribution in [-0.2, 0) is 12.8 Å². The Labute approximate surface area is 153 Å². The Bertz CT molecular complexity index is 549. The monoisotopic (exact) mass is 340 g/mol. The van der Waals surface area contributed by atoms with Crippen LogP contribution in [0.4, 0.5) is 0 Å². The lowest BCUT2D eigenvalue weighted by Gasteiger charge is -2.33. The molecule has 0 saturated heterocycles. The third-order valence-electron chi connectivity index (χ3n) is 5.07. The molecule has 1 unspecified atom stereocenters. The summed E-state index contributed by atoms with van der Waals surface area (Å²) in [4.78, 5) is 0. The van der Waals surface area contributed by atoms with Crippen LogP contribution < -0.4 is 0 Å². The van der Waals surface area contributed by atoms with Gasteiger partial charge in [0.2, 0.25) is 0 Å². The molecule has 0 aromatic heterocycles. The molecule has 0 radical (unpaired) electrons. The van der Waals surface area contributed by atoms with E-state index in [0.29, 0.717) is 4.75 Å². The molecule has 0 N–H and O–H groups in total. The van der Waals surface area contributed by atoms with E-state index in [4.69, 9.17) is 0 Å². The maximum absolute atomic E-state index is 2.32. The Balaban J connectivity index is 1.93. The van der Waals surface area contributed by atoms with Gasteiger partial charge in [-0.1, -0.05) is 80.4 Å². The lowest BCUT2D eigenvalue weighted by molar-refractivity contribution is 0.441. The molecule has 1 heteroatoms. The fraction of sp³-hybridized carbons (Fsp3) is 0.478. The lowest BCUT2D eigenvalue weighted by atomic mass is 9.88. The topological polar surface area (TPSA) is 0 Å². The molecule has 0 nitrogen and oxygen atoms in total. The highest BCUT2D eigenvalue weighted by molar-refractivity contribution is 8.00. The molecular formula is C23H32S. The van der Waals surface area contributed by atoms with Crippen LogP contribution in [0.25, 0.3) is 0 Å². The smallest absolute Gasteiger partial charge is 0.0160 e. The van der Waals surface area contributed by atoms with Crippen molar-refractivity contribution in [3.63, 3.8) is 0 Å². The first kappa shape index (κ1) is 19.1. The fourth-order valence-electron chi connectivity index (χ4n) is 3.46. The summed E-state index contributed by atoms with van der Waals surface area (Å²) in [6.07, 6.45) is 12.7. The van der Waals surface area contributed by atoms with Crippen LogP contribution in [0.3, 0.4) is 0 Å². The Morgan fingerprint density at radius 3 is 1.79 bits per heavy atom. The van der Waals surface area contributed by atoms with E-state index < -0.39 is 0 Å². The van der Waals surface area contributed by atoms with Crippen LogP contribution in [0.2, 0.25) is 0 Å². The molecule has 130 valence electrons. The zero-order valence-electron chi connectivity index (χ0n) is 15.3. The third-order valence-corrected chi connectivity index (χ3v) is 6.55. The van der Waals surface area contributed by atoms with E-state index in [1.807, 2.05) is 0 Å². The van der Waals surface area contributed by atoms with Crippen molar-refractivity contribution in [1.82, 2.24) is 0 Å². The highest BCUT2D eigenvalue weighted by atomic mass is 32.2. The van der Waals surface area contributed by atoms with Crippen LogP contribution in [0, 0.1) is 0 Å². The highest BCUT2D eigenvalue weighted by Gasteiger charge is 2.27. The predicted molar refractivity (Wildman–Crippen MR) is 110 cm³/mol. The van der Waals surface area contributed by atoms with Crippen LogP contribution >= 0.6 is 11.8 Å².